The largest absolute Gasteiger partial charge is 0.502 e. The van der Waals surface area contributed by atoms with Crippen LogP contribution in [0.3, 0.4) is 0 Å². The van der Waals surface area contributed by atoms with E-state index in [0.717, 1.165) is 6.07 Å². The lowest BCUT2D eigenvalue weighted by atomic mass is 10.1. The summed E-state index contributed by atoms with van der Waals surface area (Å²) in [5.41, 5.74) is 0.140. The van der Waals surface area contributed by atoms with Gasteiger partial charge in [0.2, 0.25) is 17.4 Å². The molecule has 112 valence electrons. The molecule has 1 aromatic heterocycles. The Balaban J connectivity index is 2.37. The van der Waals surface area contributed by atoms with Crippen LogP contribution in [0.5, 0.6) is 11.5 Å². The summed E-state index contributed by atoms with van der Waals surface area (Å²) in [6.45, 7) is 1.72. The third kappa shape index (κ3) is 3.03. The van der Waals surface area contributed by atoms with Crippen molar-refractivity contribution in [3.8, 4) is 22.8 Å². The lowest BCUT2D eigenvalue weighted by Crippen LogP contribution is -2.12. The standard InChI is InChI=1S/C13H11ClFNO5/c1-2-20-13(19)16-12-10(18)9(17)11(21-12)6-3-4-7(14)8(15)5-6/h3-5,17-18H,2H2,1H3,(H,16,19). The number of ether oxygens (including phenoxy) is 1. The van der Waals surface area contributed by atoms with Crippen LogP contribution in [-0.4, -0.2) is 22.9 Å². The molecule has 1 heterocycles. The maximum atomic E-state index is 13.4. The van der Waals surface area contributed by atoms with Gasteiger partial charge in [-0.05, 0) is 25.1 Å². The van der Waals surface area contributed by atoms with Crippen LogP contribution >= 0.6 is 11.6 Å². The summed E-state index contributed by atoms with van der Waals surface area (Å²) in [4.78, 5) is 11.3. The minimum Gasteiger partial charge on any atom is -0.502 e. The minimum absolute atomic E-state index is 0.0983. The van der Waals surface area contributed by atoms with Crippen LogP contribution in [0.1, 0.15) is 6.92 Å². The third-order valence-electron chi connectivity index (χ3n) is 2.53. The van der Waals surface area contributed by atoms with Crippen molar-refractivity contribution in [3.63, 3.8) is 0 Å². The van der Waals surface area contributed by atoms with E-state index in [4.69, 9.17) is 16.0 Å². The van der Waals surface area contributed by atoms with Crippen LogP contribution in [0.25, 0.3) is 11.3 Å². The molecule has 2 rings (SSSR count). The Hall–Kier alpha value is -2.41. The molecule has 0 radical (unpaired) electrons. The zero-order valence-corrected chi connectivity index (χ0v) is 11.6. The molecular weight excluding hydrogens is 305 g/mol. The van der Waals surface area contributed by atoms with E-state index in [1.807, 2.05) is 0 Å². The van der Waals surface area contributed by atoms with Crippen molar-refractivity contribution in [2.45, 2.75) is 6.92 Å². The highest BCUT2D eigenvalue weighted by Crippen LogP contribution is 2.45. The molecular formula is C13H11ClFNO5. The first-order valence-corrected chi connectivity index (χ1v) is 6.25. The van der Waals surface area contributed by atoms with E-state index >= 15 is 0 Å². The molecule has 0 unspecified atom stereocenters. The Bertz CT molecular complexity index is 685. The molecule has 1 amide bonds. The first-order valence-electron chi connectivity index (χ1n) is 5.88. The van der Waals surface area contributed by atoms with Crippen LogP contribution in [0, 0.1) is 5.82 Å². The number of hydrogen-bond donors (Lipinski definition) is 3. The molecule has 1 aromatic carbocycles. The molecule has 21 heavy (non-hydrogen) atoms. The first kappa shape index (κ1) is 15.0. The molecule has 0 aliphatic carbocycles. The Morgan fingerprint density at radius 1 is 1.43 bits per heavy atom. The molecule has 0 saturated heterocycles. The number of furan rings is 1. The Kier molecular flexibility index (Phi) is 4.23. The maximum absolute atomic E-state index is 13.4. The van der Waals surface area contributed by atoms with Crippen molar-refractivity contribution in [2.24, 2.45) is 0 Å². The van der Waals surface area contributed by atoms with Gasteiger partial charge in [-0.1, -0.05) is 11.6 Å². The second-order valence-electron chi connectivity index (χ2n) is 3.93. The fourth-order valence-electron chi connectivity index (χ4n) is 1.59. The van der Waals surface area contributed by atoms with Gasteiger partial charge in [-0.25, -0.2) is 9.18 Å². The summed E-state index contributed by atoms with van der Waals surface area (Å²) in [7, 11) is 0. The second kappa shape index (κ2) is 5.92. The van der Waals surface area contributed by atoms with Gasteiger partial charge in [-0.3, -0.25) is 5.32 Å². The number of hydrogen-bond acceptors (Lipinski definition) is 5. The van der Waals surface area contributed by atoms with Crippen LogP contribution < -0.4 is 5.32 Å². The monoisotopic (exact) mass is 315 g/mol. The normalized spacial score (nSPS) is 10.4. The molecule has 0 bridgehead atoms. The molecule has 0 saturated carbocycles. The molecule has 0 atom stereocenters. The summed E-state index contributed by atoms with van der Waals surface area (Å²) < 4.78 is 23.1. The number of carbonyl (C=O) groups excluding carboxylic acids is 1. The van der Waals surface area contributed by atoms with Gasteiger partial charge in [0.05, 0.1) is 11.6 Å². The van der Waals surface area contributed by atoms with Gasteiger partial charge in [-0.2, -0.15) is 0 Å². The number of benzene rings is 1. The summed E-state index contributed by atoms with van der Waals surface area (Å²) in [5.74, 6) is -2.66. The lowest BCUT2D eigenvalue weighted by molar-refractivity contribution is 0.167. The predicted molar refractivity (Wildman–Crippen MR) is 73.1 cm³/mol. The summed E-state index contributed by atoms with van der Waals surface area (Å²) in [6.07, 6.45) is -0.865. The van der Waals surface area contributed by atoms with Crippen LogP contribution in [0.15, 0.2) is 22.6 Å². The SMILES string of the molecule is CCOC(=O)Nc1oc(-c2ccc(Cl)c(F)c2)c(O)c1O. The number of aromatic hydroxyl groups is 2. The highest BCUT2D eigenvalue weighted by Gasteiger charge is 2.23. The minimum atomic E-state index is -0.865. The highest BCUT2D eigenvalue weighted by atomic mass is 35.5. The van der Waals surface area contributed by atoms with E-state index in [-0.39, 0.29) is 23.0 Å². The van der Waals surface area contributed by atoms with E-state index in [1.165, 1.54) is 12.1 Å². The summed E-state index contributed by atoms with van der Waals surface area (Å²) in [6, 6.07) is 3.68. The molecule has 0 spiro atoms. The first-order chi connectivity index (χ1) is 9.93. The summed E-state index contributed by atoms with van der Waals surface area (Å²) in [5, 5.41) is 21.5. The van der Waals surface area contributed by atoms with Gasteiger partial charge in [0.15, 0.2) is 5.76 Å². The fraction of sp³-hybridized carbons (Fsp3) is 0.154. The number of rotatable bonds is 3. The molecule has 2 aromatic rings. The van der Waals surface area contributed by atoms with E-state index in [0.29, 0.717) is 0 Å². The topological polar surface area (TPSA) is 91.9 Å². The van der Waals surface area contributed by atoms with Gasteiger partial charge in [-0.15, -0.1) is 0 Å². The van der Waals surface area contributed by atoms with Gasteiger partial charge in [0, 0.05) is 5.56 Å². The van der Waals surface area contributed by atoms with Crippen molar-refractivity contribution >= 4 is 23.6 Å². The predicted octanol–water partition coefficient (Wildman–Crippen LogP) is 3.72. The quantitative estimate of drug-likeness (QED) is 0.803. The van der Waals surface area contributed by atoms with E-state index in [1.54, 1.807) is 6.92 Å². The van der Waals surface area contributed by atoms with Crippen molar-refractivity contribution in [1.29, 1.82) is 0 Å². The van der Waals surface area contributed by atoms with Crippen molar-refractivity contribution in [1.82, 2.24) is 0 Å². The average Bonchev–Trinajstić information content (AvgIpc) is 2.71. The van der Waals surface area contributed by atoms with Gasteiger partial charge < -0.3 is 19.4 Å². The van der Waals surface area contributed by atoms with Crippen molar-refractivity contribution in [2.75, 3.05) is 11.9 Å². The van der Waals surface area contributed by atoms with Gasteiger partial charge in [0.25, 0.3) is 0 Å². The highest BCUT2D eigenvalue weighted by molar-refractivity contribution is 6.30. The molecule has 0 fully saturated rings. The molecule has 0 aliphatic rings. The number of carbonyl (C=O) groups is 1. The smallest absolute Gasteiger partial charge is 0.414 e. The van der Waals surface area contributed by atoms with E-state index in [2.05, 4.69) is 10.1 Å². The maximum Gasteiger partial charge on any atom is 0.414 e. The zero-order chi connectivity index (χ0) is 15.6. The summed E-state index contributed by atoms with van der Waals surface area (Å²) >= 11 is 5.56. The fourth-order valence-corrected chi connectivity index (χ4v) is 1.71. The van der Waals surface area contributed by atoms with Crippen LogP contribution in [-0.2, 0) is 4.74 Å². The molecule has 3 N–H and O–H groups in total. The average molecular weight is 316 g/mol. The molecule has 0 aliphatic heterocycles. The van der Waals surface area contributed by atoms with E-state index in [9.17, 15) is 19.4 Å². The zero-order valence-electron chi connectivity index (χ0n) is 10.8. The van der Waals surface area contributed by atoms with Crippen molar-refractivity contribution < 1.29 is 28.6 Å². The molecule has 8 heteroatoms. The number of anilines is 1. The molecule has 6 nitrogen and oxygen atoms in total. The van der Waals surface area contributed by atoms with Gasteiger partial charge in [0.1, 0.15) is 5.82 Å². The Labute approximate surface area is 123 Å². The number of amides is 1. The van der Waals surface area contributed by atoms with E-state index < -0.39 is 29.3 Å². The Morgan fingerprint density at radius 3 is 2.76 bits per heavy atom. The third-order valence-corrected chi connectivity index (χ3v) is 2.84. The van der Waals surface area contributed by atoms with Crippen molar-refractivity contribution in [3.05, 3.63) is 29.0 Å². The lowest BCUT2D eigenvalue weighted by Gasteiger charge is -2.02. The number of halogens is 2. The second-order valence-corrected chi connectivity index (χ2v) is 4.34. The number of nitrogens with one attached hydrogen (secondary N) is 1. The van der Waals surface area contributed by atoms with Crippen LogP contribution in [0.2, 0.25) is 5.02 Å². The van der Waals surface area contributed by atoms with Gasteiger partial charge >= 0.3 is 6.09 Å². The van der Waals surface area contributed by atoms with Crippen LogP contribution in [0.4, 0.5) is 15.1 Å². The Morgan fingerprint density at radius 2 is 2.14 bits per heavy atom.